The maximum atomic E-state index is 12.1. The number of rotatable bonds is 11. The first kappa shape index (κ1) is 27.3. The first-order chi connectivity index (χ1) is 19.4. The summed E-state index contributed by atoms with van der Waals surface area (Å²) < 4.78 is 26.5. The number of nitrogens with zero attached hydrogens (tertiary/aromatic N) is 3. The Labute approximate surface area is 235 Å². The first-order valence-electron chi connectivity index (χ1n) is 13.3. The van der Waals surface area contributed by atoms with Crippen LogP contribution in [0.1, 0.15) is 42.9 Å². The zero-order valence-corrected chi connectivity index (χ0v) is 23.4. The molecular weight excluding hydrogens is 522 g/mol. The molecule has 10 heteroatoms. The van der Waals surface area contributed by atoms with Gasteiger partial charge in [0.2, 0.25) is 16.0 Å². The predicted molar refractivity (Wildman–Crippen MR) is 161 cm³/mol. The van der Waals surface area contributed by atoms with Crippen molar-refractivity contribution < 1.29 is 8.42 Å². The molecule has 1 heterocycles. The third kappa shape index (κ3) is 6.64. The Balaban J connectivity index is 1.50. The van der Waals surface area contributed by atoms with E-state index in [-0.39, 0.29) is 4.90 Å². The van der Waals surface area contributed by atoms with Gasteiger partial charge in [0, 0.05) is 23.7 Å². The van der Waals surface area contributed by atoms with Crippen molar-refractivity contribution in [2.24, 2.45) is 5.10 Å². The van der Waals surface area contributed by atoms with Crippen molar-refractivity contribution in [2.75, 3.05) is 23.1 Å². The van der Waals surface area contributed by atoms with E-state index in [1.807, 2.05) is 55.5 Å². The van der Waals surface area contributed by atoms with Crippen molar-refractivity contribution in [3.8, 4) is 0 Å². The summed E-state index contributed by atoms with van der Waals surface area (Å²) in [5, 5.41) is 11.6. The highest BCUT2D eigenvalue weighted by molar-refractivity contribution is 7.89. The van der Waals surface area contributed by atoms with Gasteiger partial charge in [-0.2, -0.15) is 15.1 Å². The minimum Gasteiger partial charge on any atom is -0.367 e. The molecule has 40 heavy (non-hydrogen) atoms. The van der Waals surface area contributed by atoms with Crippen LogP contribution in [0.25, 0.3) is 0 Å². The van der Waals surface area contributed by atoms with Crippen molar-refractivity contribution in [2.45, 2.75) is 43.5 Å². The Morgan fingerprint density at radius 3 is 2.17 bits per heavy atom. The van der Waals surface area contributed by atoms with Crippen LogP contribution in [0.2, 0.25) is 0 Å². The molecule has 0 bridgehead atoms. The smallest absolute Gasteiger partial charge is 0.240 e. The second-order valence-corrected chi connectivity index (χ2v) is 11.6. The van der Waals surface area contributed by atoms with Gasteiger partial charge in [0.05, 0.1) is 10.6 Å². The molecule has 4 aromatic rings. The molecule has 0 atom stereocenters. The van der Waals surface area contributed by atoms with Crippen LogP contribution in [0.4, 0.5) is 23.3 Å². The second-order valence-electron chi connectivity index (χ2n) is 9.69. The van der Waals surface area contributed by atoms with E-state index in [0.29, 0.717) is 29.9 Å². The summed E-state index contributed by atoms with van der Waals surface area (Å²) in [5.74, 6) is 1.83. The topological polar surface area (TPSA) is 120 Å². The van der Waals surface area contributed by atoms with E-state index in [0.717, 1.165) is 41.0 Å². The number of nitrogens with one attached hydrogen (secondary N) is 4. The summed E-state index contributed by atoms with van der Waals surface area (Å²) >= 11 is 0. The fourth-order valence-corrected chi connectivity index (χ4v) is 5.04. The molecule has 0 radical (unpaired) electrons. The lowest BCUT2D eigenvalue weighted by molar-refractivity contribution is 0.444. The zero-order valence-electron chi connectivity index (χ0n) is 22.6. The van der Waals surface area contributed by atoms with Gasteiger partial charge in [-0.25, -0.2) is 13.1 Å². The van der Waals surface area contributed by atoms with E-state index in [1.54, 1.807) is 24.3 Å². The summed E-state index contributed by atoms with van der Waals surface area (Å²) in [6, 6.07) is 27.0. The van der Waals surface area contributed by atoms with Gasteiger partial charge in [0.25, 0.3) is 0 Å². The van der Waals surface area contributed by atoms with Crippen LogP contribution in [-0.2, 0) is 16.4 Å². The van der Waals surface area contributed by atoms with Crippen molar-refractivity contribution in [1.29, 1.82) is 0 Å². The van der Waals surface area contributed by atoms with E-state index in [9.17, 15) is 8.42 Å². The van der Waals surface area contributed by atoms with Crippen LogP contribution < -0.4 is 20.8 Å². The maximum absolute atomic E-state index is 12.1. The Kier molecular flexibility index (Phi) is 8.37. The molecule has 1 aliphatic carbocycles. The summed E-state index contributed by atoms with van der Waals surface area (Å²) in [6.07, 6.45) is 4.04. The minimum absolute atomic E-state index is 0.198. The highest BCUT2D eigenvalue weighted by Crippen LogP contribution is 2.31. The van der Waals surface area contributed by atoms with Crippen molar-refractivity contribution in [3.05, 3.63) is 102 Å². The highest BCUT2D eigenvalue weighted by atomic mass is 32.2. The lowest BCUT2D eigenvalue weighted by Gasteiger charge is -2.28. The van der Waals surface area contributed by atoms with Gasteiger partial charge in [-0.1, -0.05) is 60.7 Å². The number of para-hydroxylation sites is 1. The van der Waals surface area contributed by atoms with Crippen LogP contribution in [0, 0.1) is 0 Å². The third-order valence-electron chi connectivity index (χ3n) is 6.89. The van der Waals surface area contributed by atoms with Gasteiger partial charge in [0.1, 0.15) is 5.82 Å². The molecular formula is C30H33N7O2S. The van der Waals surface area contributed by atoms with E-state index < -0.39 is 10.0 Å². The Morgan fingerprint density at radius 1 is 0.900 bits per heavy atom. The molecule has 0 unspecified atom stereocenters. The van der Waals surface area contributed by atoms with E-state index in [1.165, 1.54) is 13.5 Å². The maximum Gasteiger partial charge on any atom is 0.240 e. The zero-order chi connectivity index (χ0) is 28.0. The number of hydrogen-bond donors (Lipinski definition) is 4. The Hall–Kier alpha value is -4.28. The van der Waals surface area contributed by atoms with Gasteiger partial charge in [-0.05, 0) is 68.6 Å². The van der Waals surface area contributed by atoms with E-state index in [4.69, 9.17) is 9.97 Å². The van der Waals surface area contributed by atoms with Gasteiger partial charge in [-0.15, -0.1) is 0 Å². The third-order valence-corrected chi connectivity index (χ3v) is 8.32. The molecule has 3 aromatic carbocycles. The van der Waals surface area contributed by atoms with Gasteiger partial charge >= 0.3 is 0 Å². The molecule has 9 nitrogen and oxygen atoms in total. The average molecular weight is 556 g/mol. The van der Waals surface area contributed by atoms with E-state index in [2.05, 4.69) is 38.0 Å². The second kappa shape index (κ2) is 12.3. The molecule has 0 aliphatic heterocycles. The fourth-order valence-electron chi connectivity index (χ4n) is 4.31. The Bertz CT molecular complexity index is 1570. The molecule has 5 rings (SSSR count). The lowest BCUT2D eigenvalue weighted by Crippen LogP contribution is -2.28. The number of sulfonamides is 1. The summed E-state index contributed by atoms with van der Waals surface area (Å²) in [7, 11) is -2.12. The highest BCUT2D eigenvalue weighted by Gasteiger charge is 2.22. The summed E-state index contributed by atoms with van der Waals surface area (Å²) in [4.78, 5) is 9.92. The monoisotopic (exact) mass is 555 g/mol. The van der Waals surface area contributed by atoms with Crippen LogP contribution in [0.15, 0.2) is 94.9 Å². The van der Waals surface area contributed by atoms with Crippen LogP contribution >= 0.6 is 0 Å². The summed E-state index contributed by atoms with van der Waals surface area (Å²) in [6.45, 7) is 1.86. The SMILES string of the molecule is CNS(=O)(=O)c1ccc(C(C)=NNc2nc(Nc3ccccc3)nc(NC3CCC3)c2Cc2ccccc2)cc1. The van der Waals surface area contributed by atoms with Crippen LogP contribution in [0.3, 0.4) is 0 Å². The summed E-state index contributed by atoms with van der Waals surface area (Å²) in [5.41, 5.74) is 7.60. The number of hydrogen-bond acceptors (Lipinski definition) is 8. The number of hydrazone groups is 1. The average Bonchev–Trinajstić information content (AvgIpc) is 2.96. The minimum atomic E-state index is -3.51. The van der Waals surface area contributed by atoms with Crippen LogP contribution in [0.5, 0.6) is 0 Å². The largest absolute Gasteiger partial charge is 0.367 e. The predicted octanol–water partition coefficient (Wildman–Crippen LogP) is 5.52. The van der Waals surface area contributed by atoms with Crippen molar-refractivity contribution in [1.82, 2.24) is 14.7 Å². The molecule has 0 amide bonds. The van der Waals surface area contributed by atoms with Gasteiger partial charge in [-0.3, -0.25) is 5.43 Å². The molecule has 206 valence electrons. The van der Waals surface area contributed by atoms with Crippen molar-refractivity contribution >= 4 is 39.0 Å². The Morgan fingerprint density at radius 2 is 1.55 bits per heavy atom. The normalized spacial score (nSPS) is 13.9. The molecule has 0 saturated heterocycles. The van der Waals surface area contributed by atoms with E-state index >= 15 is 0 Å². The number of benzene rings is 3. The van der Waals surface area contributed by atoms with Crippen molar-refractivity contribution in [3.63, 3.8) is 0 Å². The molecule has 1 saturated carbocycles. The molecule has 0 spiro atoms. The quantitative estimate of drug-likeness (QED) is 0.142. The molecule has 1 aromatic heterocycles. The lowest BCUT2D eigenvalue weighted by atomic mass is 9.93. The molecule has 4 N–H and O–H groups in total. The standard InChI is InChI=1S/C30H33N7O2S/c1-21(23-16-18-26(19-17-23)40(38,39)31-2)36-37-29-27(20-22-10-5-3-6-11-22)28(32-24-14-9-15-24)34-30(35-29)33-25-12-7-4-8-13-25/h3-8,10-13,16-19,24,31H,9,14-15,20H2,1-2H3,(H3,32,33,34,35,37). The number of anilines is 4. The first-order valence-corrected chi connectivity index (χ1v) is 14.8. The van der Waals surface area contributed by atoms with Crippen LogP contribution in [-0.4, -0.2) is 37.2 Å². The molecule has 1 aliphatic rings. The van der Waals surface area contributed by atoms with Gasteiger partial charge < -0.3 is 10.6 Å². The van der Waals surface area contributed by atoms with Gasteiger partial charge in [0.15, 0.2) is 5.82 Å². The molecule has 1 fully saturated rings. The number of aromatic nitrogens is 2. The fraction of sp³-hybridized carbons (Fsp3) is 0.233.